The lowest BCUT2D eigenvalue weighted by molar-refractivity contribution is -0.117. The van der Waals surface area contributed by atoms with Crippen LogP contribution in [0.4, 0.5) is 0 Å². The average molecular weight is 336 g/mol. The Bertz CT molecular complexity index is 807. The molecule has 0 aliphatic carbocycles. The summed E-state index contributed by atoms with van der Waals surface area (Å²) < 4.78 is 10.6. The SMILES string of the molecule is COc1cccc(/C=C(\C#N)C(=O)N[C@@H](C)c2ccccc2)c1OC. The molecule has 5 nitrogen and oxygen atoms in total. The van der Waals surface area contributed by atoms with Crippen LogP contribution in [-0.2, 0) is 4.79 Å². The second-order valence-electron chi connectivity index (χ2n) is 5.36. The number of nitriles is 1. The van der Waals surface area contributed by atoms with Crippen molar-refractivity contribution in [2.24, 2.45) is 0 Å². The number of hydrogen-bond donors (Lipinski definition) is 1. The molecule has 2 rings (SSSR count). The first kappa shape index (κ1) is 18.1. The molecule has 0 aliphatic rings. The first-order chi connectivity index (χ1) is 12.1. The monoisotopic (exact) mass is 336 g/mol. The Morgan fingerprint density at radius 2 is 1.84 bits per heavy atom. The fourth-order valence-corrected chi connectivity index (χ4v) is 2.43. The predicted molar refractivity (Wildman–Crippen MR) is 96.1 cm³/mol. The maximum Gasteiger partial charge on any atom is 0.262 e. The van der Waals surface area contributed by atoms with Crippen molar-refractivity contribution in [1.29, 1.82) is 5.26 Å². The van der Waals surface area contributed by atoms with Crippen LogP contribution in [0.3, 0.4) is 0 Å². The summed E-state index contributed by atoms with van der Waals surface area (Å²) in [5, 5.41) is 12.2. The van der Waals surface area contributed by atoms with Crippen LogP contribution in [0.1, 0.15) is 24.1 Å². The molecule has 2 aromatic rings. The van der Waals surface area contributed by atoms with Crippen LogP contribution in [0.15, 0.2) is 54.1 Å². The molecule has 0 aliphatic heterocycles. The van der Waals surface area contributed by atoms with E-state index in [2.05, 4.69) is 5.32 Å². The Morgan fingerprint density at radius 3 is 2.44 bits per heavy atom. The van der Waals surface area contributed by atoms with Crippen molar-refractivity contribution in [3.8, 4) is 17.6 Å². The van der Waals surface area contributed by atoms with E-state index in [1.54, 1.807) is 18.2 Å². The van der Waals surface area contributed by atoms with Crippen molar-refractivity contribution in [1.82, 2.24) is 5.32 Å². The molecular formula is C20H20N2O3. The Kier molecular flexibility index (Phi) is 6.19. The summed E-state index contributed by atoms with van der Waals surface area (Å²) in [7, 11) is 3.05. The third kappa shape index (κ3) is 4.39. The van der Waals surface area contributed by atoms with E-state index >= 15 is 0 Å². The highest BCUT2D eigenvalue weighted by Crippen LogP contribution is 2.32. The topological polar surface area (TPSA) is 71.3 Å². The Hall–Kier alpha value is -3.26. The predicted octanol–water partition coefficient (Wildman–Crippen LogP) is 3.49. The van der Waals surface area contributed by atoms with E-state index in [-0.39, 0.29) is 11.6 Å². The van der Waals surface area contributed by atoms with Crippen molar-refractivity contribution in [3.63, 3.8) is 0 Å². The average Bonchev–Trinajstić information content (AvgIpc) is 2.66. The summed E-state index contributed by atoms with van der Waals surface area (Å²) in [6.07, 6.45) is 1.49. The van der Waals surface area contributed by atoms with Crippen LogP contribution < -0.4 is 14.8 Å². The molecule has 2 aromatic carbocycles. The first-order valence-corrected chi connectivity index (χ1v) is 7.79. The van der Waals surface area contributed by atoms with Gasteiger partial charge in [-0.15, -0.1) is 0 Å². The molecule has 128 valence electrons. The van der Waals surface area contributed by atoms with E-state index < -0.39 is 5.91 Å². The quantitative estimate of drug-likeness (QED) is 0.647. The van der Waals surface area contributed by atoms with Gasteiger partial charge in [0.05, 0.1) is 20.3 Å². The maximum absolute atomic E-state index is 12.4. The number of para-hydroxylation sites is 1. The third-order valence-corrected chi connectivity index (χ3v) is 3.75. The lowest BCUT2D eigenvalue weighted by Crippen LogP contribution is -2.27. The van der Waals surface area contributed by atoms with Gasteiger partial charge in [-0.2, -0.15) is 5.26 Å². The van der Waals surface area contributed by atoms with Gasteiger partial charge in [-0.1, -0.05) is 42.5 Å². The van der Waals surface area contributed by atoms with Crippen molar-refractivity contribution >= 4 is 12.0 Å². The molecule has 1 amide bonds. The third-order valence-electron chi connectivity index (χ3n) is 3.75. The van der Waals surface area contributed by atoms with Gasteiger partial charge in [-0.25, -0.2) is 0 Å². The number of ether oxygens (including phenoxy) is 2. The highest BCUT2D eigenvalue weighted by atomic mass is 16.5. The Labute approximate surface area is 147 Å². The fraction of sp³-hybridized carbons (Fsp3) is 0.200. The molecule has 0 fully saturated rings. The fourth-order valence-electron chi connectivity index (χ4n) is 2.43. The summed E-state index contributed by atoms with van der Waals surface area (Å²) in [6, 6.07) is 16.6. The minimum atomic E-state index is -0.441. The van der Waals surface area contributed by atoms with Gasteiger partial charge in [-0.05, 0) is 24.6 Å². The Morgan fingerprint density at radius 1 is 1.12 bits per heavy atom. The number of methoxy groups -OCH3 is 2. The summed E-state index contributed by atoms with van der Waals surface area (Å²) in [4.78, 5) is 12.4. The largest absolute Gasteiger partial charge is 0.493 e. The summed E-state index contributed by atoms with van der Waals surface area (Å²) >= 11 is 0. The van der Waals surface area contributed by atoms with E-state index in [9.17, 15) is 10.1 Å². The molecule has 1 atom stereocenters. The highest BCUT2D eigenvalue weighted by Gasteiger charge is 2.15. The van der Waals surface area contributed by atoms with Crippen molar-refractivity contribution in [3.05, 3.63) is 65.2 Å². The maximum atomic E-state index is 12.4. The number of nitrogens with one attached hydrogen (secondary N) is 1. The molecule has 0 radical (unpaired) electrons. The van der Waals surface area contributed by atoms with Gasteiger partial charge in [0.15, 0.2) is 11.5 Å². The molecule has 1 N–H and O–H groups in total. The second kappa shape index (κ2) is 8.55. The number of rotatable bonds is 6. The normalized spacial score (nSPS) is 12.0. The first-order valence-electron chi connectivity index (χ1n) is 7.79. The molecule has 0 heterocycles. The minimum Gasteiger partial charge on any atom is -0.493 e. The van der Waals surface area contributed by atoms with Crippen LogP contribution in [-0.4, -0.2) is 20.1 Å². The lowest BCUT2D eigenvalue weighted by Gasteiger charge is -2.14. The number of amides is 1. The number of carbonyl (C=O) groups excluding carboxylic acids is 1. The van der Waals surface area contributed by atoms with Gasteiger partial charge in [0.2, 0.25) is 0 Å². The molecule has 0 spiro atoms. The molecule has 0 saturated carbocycles. The van der Waals surface area contributed by atoms with Crippen LogP contribution >= 0.6 is 0 Å². The van der Waals surface area contributed by atoms with E-state index in [0.717, 1.165) is 5.56 Å². The summed E-state index contributed by atoms with van der Waals surface area (Å²) in [5.74, 6) is 0.567. The summed E-state index contributed by atoms with van der Waals surface area (Å²) in [6.45, 7) is 1.87. The lowest BCUT2D eigenvalue weighted by atomic mass is 10.1. The second-order valence-corrected chi connectivity index (χ2v) is 5.36. The van der Waals surface area contributed by atoms with Gasteiger partial charge in [0.25, 0.3) is 5.91 Å². The van der Waals surface area contributed by atoms with Gasteiger partial charge in [0.1, 0.15) is 11.6 Å². The zero-order chi connectivity index (χ0) is 18.2. The molecule has 0 aromatic heterocycles. The highest BCUT2D eigenvalue weighted by molar-refractivity contribution is 6.02. The molecule has 0 bridgehead atoms. The van der Waals surface area contributed by atoms with Crippen LogP contribution in [0, 0.1) is 11.3 Å². The van der Waals surface area contributed by atoms with E-state index in [4.69, 9.17) is 9.47 Å². The van der Waals surface area contributed by atoms with Gasteiger partial charge < -0.3 is 14.8 Å². The zero-order valence-corrected chi connectivity index (χ0v) is 14.4. The van der Waals surface area contributed by atoms with Crippen molar-refractivity contribution < 1.29 is 14.3 Å². The van der Waals surface area contributed by atoms with Crippen LogP contribution in [0.25, 0.3) is 6.08 Å². The van der Waals surface area contributed by atoms with Crippen LogP contribution in [0.2, 0.25) is 0 Å². The van der Waals surface area contributed by atoms with Gasteiger partial charge in [0, 0.05) is 5.56 Å². The Balaban J connectivity index is 2.26. The molecule has 5 heteroatoms. The summed E-state index contributed by atoms with van der Waals surface area (Å²) in [5.41, 5.74) is 1.56. The van der Waals surface area contributed by atoms with Gasteiger partial charge in [-0.3, -0.25) is 4.79 Å². The molecular weight excluding hydrogens is 316 g/mol. The smallest absolute Gasteiger partial charge is 0.262 e. The van der Waals surface area contributed by atoms with E-state index in [1.165, 1.54) is 20.3 Å². The number of nitrogens with zero attached hydrogens (tertiary/aromatic N) is 1. The number of carbonyl (C=O) groups is 1. The minimum absolute atomic E-state index is 0.00525. The number of hydrogen-bond acceptors (Lipinski definition) is 4. The zero-order valence-electron chi connectivity index (χ0n) is 14.4. The number of benzene rings is 2. The van der Waals surface area contributed by atoms with E-state index in [1.807, 2.05) is 43.3 Å². The van der Waals surface area contributed by atoms with Crippen molar-refractivity contribution in [2.45, 2.75) is 13.0 Å². The molecule has 0 unspecified atom stereocenters. The van der Waals surface area contributed by atoms with Crippen LogP contribution in [0.5, 0.6) is 11.5 Å². The van der Waals surface area contributed by atoms with Crippen molar-refractivity contribution in [2.75, 3.05) is 14.2 Å². The van der Waals surface area contributed by atoms with E-state index in [0.29, 0.717) is 17.1 Å². The van der Waals surface area contributed by atoms with Gasteiger partial charge >= 0.3 is 0 Å². The molecule has 0 saturated heterocycles. The molecule has 25 heavy (non-hydrogen) atoms. The standard InChI is InChI=1S/C20H20N2O3/c1-14(15-8-5-4-6-9-15)22-20(23)17(13-21)12-16-10-7-11-18(24-2)19(16)25-3/h4-12,14H,1-3H3,(H,22,23)/b17-12+/t14-/m0/s1.